The smallest absolute Gasteiger partial charge is 0.254 e. The average molecular weight is 259 g/mol. The van der Waals surface area contributed by atoms with Crippen molar-refractivity contribution in [3.63, 3.8) is 0 Å². The minimum atomic E-state index is -0.249. The molecule has 5 heteroatoms. The maximum absolute atomic E-state index is 11.8. The first-order chi connectivity index (χ1) is 9.19. The minimum Gasteiger partial charge on any atom is -0.496 e. The first kappa shape index (κ1) is 12.9. The number of ether oxygens (including phenoxy) is 1. The van der Waals surface area contributed by atoms with Gasteiger partial charge in [-0.3, -0.25) is 9.59 Å². The van der Waals surface area contributed by atoms with Crippen molar-refractivity contribution < 1.29 is 18.7 Å². The Morgan fingerprint density at radius 1 is 1.32 bits per heavy atom. The van der Waals surface area contributed by atoms with Gasteiger partial charge >= 0.3 is 0 Å². The lowest BCUT2D eigenvalue weighted by molar-refractivity contribution is 0.0959. The van der Waals surface area contributed by atoms with Crippen molar-refractivity contribution in [3.05, 3.63) is 41.7 Å². The van der Waals surface area contributed by atoms with E-state index in [0.29, 0.717) is 28.9 Å². The van der Waals surface area contributed by atoms with Crippen LogP contribution in [0.15, 0.2) is 34.7 Å². The molecule has 5 nitrogen and oxygen atoms in total. The summed E-state index contributed by atoms with van der Waals surface area (Å²) in [4.78, 5) is 22.4. The predicted octanol–water partition coefficient (Wildman–Crippen LogP) is 2.13. The van der Waals surface area contributed by atoms with Crippen LogP contribution < -0.4 is 10.1 Å². The fourth-order valence-electron chi connectivity index (χ4n) is 1.74. The van der Waals surface area contributed by atoms with Crippen molar-refractivity contribution in [1.82, 2.24) is 5.32 Å². The fraction of sp³-hybridized carbons (Fsp3) is 0.143. The van der Waals surface area contributed by atoms with Gasteiger partial charge in [-0.1, -0.05) is 0 Å². The molecule has 1 amide bonds. The van der Waals surface area contributed by atoms with Gasteiger partial charge in [0.25, 0.3) is 5.91 Å². The molecule has 1 N–H and O–H groups in total. The molecule has 0 aliphatic carbocycles. The first-order valence-electron chi connectivity index (χ1n) is 5.65. The summed E-state index contributed by atoms with van der Waals surface area (Å²) >= 11 is 0. The molecule has 0 radical (unpaired) electrons. The summed E-state index contributed by atoms with van der Waals surface area (Å²) < 4.78 is 10.5. The number of hydrogen-bond donors (Lipinski definition) is 1. The number of rotatable bonds is 4. The zero-order chi connectivity index (χ0) is 13.8. The molecule has 0 fully saturated rings. The average Bonchev–Trinajstić information content (AvgIpc) is 2.94. The van der Waals surface area contributed by atoms with Crippen LogP contribution in [0.2, 0.25) is 0 Å². The second-order valence-electron chi connectivity index (χ2n) is 3.81. The van der Waals surface area contributed by atoms with Gasteiger partial charge in [-0.25, -0.2) is 0 Å². The molecule has 0 saturated heterocycles. The Hall–Kier alpha value is -2.56. The summed E-state index contributed by atoms with van der Waals surface area (Å²) in [5.41, 5.74) is 1.11. The molecule has 0 atom stereocenters. The third-order valence-electron chi connectivity index (χ3n) is 2.70. The number of furan rings is 1. The van der Waals surface area contributed by atoms with E-state index in [0.717, 1.165) is 0 Å². The number of carbonyl (C=O) groups is 2. The number of carbonyl (C=O) groups excluding carboxylic acids is 2. The molecule has 0 aliphatic rings. The second kappa shape index (κ2) is 5.39. The Morgan fingerprint density at radius 2 is 2.11 bits per heavy atom. The van der Waals surface area contributed by atoms with E-state index in [1.165, 1.54) is 7.11 Å². The summed E-state index contributed by atoms with van der Waals surface area (Å²) in [6.07, 6.45) is 0.632. The fourth-order valence-corrected chi connectivity index (χ4v) is 1.74. The molecule has 98 valence electrons. The Bertz CT molecular complexity index is 616. The molecular weight excluding hydrogens is 246 g/mol. The molecule has 19 heavy (non-hydrogen) atoms. The predicted molar refractivity (Wildman–Crippen MR) is 69.5 cm³/mol. The van der Waals surface area contributed by atoms with E-state index in [-0.39, 0.29) is 11.7 Å². The molecule has 2 rings (SSSR count). The molecule has 1 aromatic heterocycles. The minimum absolute atomic E-state index is 0.243. The highest BCUT2D eigenvalue weighted by Crippen LogP contribution is 2.27. The third kappa shape index (κ3) is 2.49. The van der Waals surface area contributed by atoms with Crippen molar-refractivity contribution in [1.29, 1.82) is 0 Å². The molecule has 0 bridgehead atoms. The van der Waals surface area contributed by atoms with Gasteiger partial charge in [0.15, 0.2) is 12.0 Å². The third-order valence-corrected chi connectivity index (χ3v) is 2.70. The molecule has 0 spiro atoms. The van der Waals surface area contributed by atoms with Crippen LogP contribution in [0.5, 0.6) is 5.75 Å². The largest absolute Gasteiger partial charge is 0.496 e. The van der Waals surface area contributed by atoms with Crippen LogP contribution in [0.25, 0.3) is 11.3 Å². The quantitative estimate of drug-likeness (QED) is 0.854. The first-order valence-corrected chi connectivity index (χ1v) is 5.65. The normalized spacial score (nSPS) is 10.0. The van der Waals surface area contributed by atoms with Gasteiger partial charge in [0, 0.05) is 12.6 Å². The van der Waals surface area contributed by atoms with Gasteiger partial charge in [0.2, 0.25) is 0 Å². The molecule has 0 saturated carbocycles. The Balaban J connectivity index is 2.47. The summed E-state index contributed by atoms with van der Waals surface area (Å²) in [6.45, 7) is 0. The van der Waals surface area contributed by atoms with E-state index in [2.05, 4.69) is 5.32 Å². The second-order valence-corrected chi connectivity index (χ2v) is 3.81. The Morgan fingerprint density at radius 3 is 2.68 bits per heavy atom. The molecule has 0 unspecified atom stereocenters. The van der Waals surface area contributed by atoms with Gasteiger partial charge < -0.3 is 14.5 Å². The highest BCUT2D eigenvalue weighted by Gasteiger charge is 2.13. The highest BCUT2D eigenvalue weighted by molar-refractivity contribution is 5.98. The van der Waals surface area contributed by atoms with Gasteiger partial charge in [0.1, 0.15) is 11.5 Å². The summed E-state index contributed by atoms with van der Waals surface area (Å²) in [5.74, 6) is 0.994. The number of hydrogen-bond acceptors (Lipinski definition) is 4. The van der Waals surface area contributed by atoms with Crippen molar-refractivity contribution in [3.8, 4) is 17.1 Å². The van der Waals surface area contributed by atoms with Crippen LogP contribution in [-0.4, -0.2) is 26.4 Å². The lowest BCUT2D eigenvalue weighted by atomic mass is 10.1. The van der Waals surface area contributed by atoms with Gasteiger partial charge in [-0.2, -0.15) is 0 Å². The number of benzene rings is 1. The zero-order valence-corrected chi connectivity index (χ0v) is 10.6. The maximum atomic E-state index is 11.8. The number of amides is 1. The van der Waals surface area contributed by atoms with E-state index in [9.17, 15) is 9.59 Å². The van der Waals surface area contributed by atoms with Crippen molar-refractivity contribution in [2.75, 3.05) is 14.2 Å². The van der Waals surface area contributed by atoms with Gasteiger partial charge in [0.05, 0.1) is 12.7 Å². The zero-order valence-electron chi connectivity index (χ0n) is 10.6. The lowest BCUT2D eigenvalue weighted by Crippen LogP contribution is -2.18. The van der Waals surface area contributed by atoms with Crippen LogP contribution in [0.1, 0.15) is 20.9 Å². The SMILES string of the molecule is CNC(=O)c1cc(-c2ccc(C=O)o2)ccc1OC. The molecule has 2 aromatic rings. The number of nitrogens with one attached hydrogen (secondary N) is 1. The van der Waals surface area contributed by atoms with Crippen molar-refractivity contribution in [2.24, 2.45) is 0 Å². The van der Waals surface area contributed by atoms with Gasteiger partial charge in [-0.15, -0.1) is 0 Å². The van der Waals surface area contributed by atoms with E-state index >= 15 is 0 Å². The van der Waals surface area contributed by atoms with Crippen LogP contribution >= 0.6 is 0 Å². The Kier molecular flexibility index (Phi) is 3.66. The maximum Gasteiger partial charge on any atom is 0.254 e. The highest BCUT2D eigenvalue weighted by atomic mass is 16.5. The lowest BCUT2D eigenvalue weighted by Gasteiger charge is -2.08. The van der Waals surface area contributed by atoms with Crippen LogP contribution in [0.3, 0.4) is 0 Å². The summed E-state index contributed by atoms with van der Waals surface area (Å²) in [6, 6.07) is 8.36. The van der Waals surface area contributed by atoms with Crippen molar-refractivity contribution >= 4 is 12.2 Å². The van der Waals surface area contributed by atoms with Gasteiger partial charge in [-0.05, 0) is 30.3 Å². The summed E-state index contributed by atoms with van der Waals surface area (Å²) in [5, 5.41) is 2.55. The summed E-state index contributed by atoms with van der Waals surface area (Å²) in [7, 11) is 3.05. The van der Waals surface area contributed by atoms with E-state index in [1.807, 2.05) is 0 Å². The van der Waals surface area contributed by atoms with E-state index in [4.69, 9.17) is 9.15 Å². The van der Waals surface area contributed by atoms with Crippen LogP contribution in [-0.2, 0) is 0 Å². The van der Waals surface area contributed by atoms with E-state index < -0.39 is 0 Å². The number of aldehydes is 1. The number of methoxy groups -OCH3 is 1. The molecule has 1 aromatic carbocycles. The van der Waals surface area contributed by atoms with Crippen LogP contribution in [0.4, 0.5) is 0 Å². The molecular formula is C14H13NO4. The standard InChI is InChI=1S/C14H13NO4/c1-15-14(17)11-7-9(3-5-13(11)18-2)12-6-4-10(8-16)19-12/h3-8H,1-2H3,(H,15,17). The van der Waals surface area contributed by atoms with Crippen molar-refractivity contribution in [2.45, 2.75) is 0 Å². The Labute approximate surface area is 110 Å². The monoisotopic (exact) mass is 259 g/mol. The van der Waals surface area contributed by atoms with Crippen LogP contribution in [0, 0.1) is 0 Å². The topological polar surface area (TPSA) is 68.5 Å². The van der Waals surface area contributed by atoms with E-state index in [1.54, 1.807) is 37.4 Å². The molecule has 1 heterocycles. The molecule has 0 aliphatic heterocycles.